The van der Waals surface area contributed by atoms with Crippen molar-refractivity contribution in [1.82, 2.24) is 10.2 Å². The normalized spacial score (nSPS) is 10.7. The SMILES string of the molecule is CCc1nnc(COc2cccc(Cl)c2CCN)o1. The summed E-state index contributed by atoms with van der Waals surface area (Å²) in [7, 11) is 0. The molecule has 0 aliphatic rings. The smallest absolute Gasteiger partial charge is 0.253 e. The molecule has 1 aromatic carbocycles. The first kappa shape index (κ1) is 13.8. The summed E-state index contributed by atoms with van der Waals surface area (Å²) in [5, 5.41) is 8.44. The van der Waals surface area contributed by atoms with Gasteiger partial charge in [0.05, 0.1) is 0 Å². The quantitative estimate of drug-likeness (QED) is 0.880. The molecular formula is C13H16ClN3O2. The largest absolute Gasteiger partial charge is 0.483 e. The number of ether oxygens (including phenoxy) is 1. The Labute approximate surface area is 116 Å². The Bertz CT molecular complexity index is 542. The van der Waals surface area contributed by atoms with Gasteiger partial charge in [-0.2, -0.15) is 0 Å². The molecule has 0 saturated heterocycles. The third-order valence-electron chi connectivity index (χ3n) is 2.63. The molecule has 0 bridgehead atoms. The molecule has 1 heterocycles. The maximum atomic E-state index is 6.13. The standard InChI is InChI=1S/C13H16ClN3O2/c1-2-12-16-17-13(19-12)8-18-11-5-3-4-10(14)9(11)6-7-15/h3-5H,2,6-8,15H2,1H3. The molecule has 0 unspecified atom stereocenters. The van der Waals surface area contributed by atoms with Crippen molar-refractivity contribution < 1.29 is 9.15 Å². The van der Waals surface area contributed by atoms with Gasteiger partial charge < -0.3 is 14.9 Å². The van der Waals surface area contributed by atoms with Gasteiger partial charge in [-0.3, -0.25) is 0 Å². The van der Waals surface area contributed by atoms with Crippen molar-refractivity contribution in [2.45, 2.75) is 26.4 Å². The number of hydrogen-bond donors (Lipinski definition) is 1. The number of hydrogen-bond acceptors (Lipinski definition) is 5. The molecule has 5 nitrogen and oxygen atoms in total. The second-order valence-corrected chi connectivity index (χ2v) is 4.39. The summed E-state index contributed by atoms with van der Waals surface area (Å²) in [4.78, 5) is 0. The first-order valence-corrected chi connectivity index (χ1v) is 6.54. The average Bonchev–Trinajstić information content (AvgIpc) is 2.87. The maximum Gasteiger partial charge on any atom is 0.253 e. The summed E-state index contributed by atoms with van der Waals surface area (Å²) >= 11 is 6.13. The van der Waals surface area contributed by atoms with E-state index in [2.05, 4.69) is 10.2 Å². The molecule has 6 heteroatoms. The van der Waals surface area contributed by atoms with Crippen LogP contribution in [0.2, 0.25) is 5.02 Å². The second-order valence-electron chi connectivity index (χ2n) is 3.99. The minimum absolute atomic E-state index is 0.227. The highest BCUT2D eigenvalue weighted by molar-refractivity contribution is 6.31. The number of benzene rings is 1. The van der Waals surface area contributed by atoms with E-state index >= 15 is 0 Å². The van der Waals surface area contributed by atoms with E-state index in [0.717, 1.165) is 5.56 Å². The summed E-state index contributed by atoms with van der Waals surface area (Å²) < 4.78 is 11.1. The Morgan fingerprint density at radius 3 is 2.79 bits per heavy atom. The molecule has 102 valence electrons. The molecule has 0 radical (unpaired) electrons. The van der Waals surface area contributed by atoms with Crippen LogP contribution in [0.1, 0.15) is 24.3 Å². The fraction of sp³-hybridized carbons (Fsp3) is 0.385. The van der Waals surface area contributed by atoms with Crippen molar-refractivity contribution >= 4 is 11.6 Å². The van der Waals surface area contributed by atoms with E-state index in [-0.39, 0.29) is 6.61 Å². The number of halogens is 1. The molecule has 2 aromatic rings. The van der Waals surface area contributed by atoms with E-state index in [1.54, 1.807) is 0 Å². The molecular weight excluding hydrogens is 266 g/mol. The van der Waals surface area contributed by atoms with E-state index in [0.29, 0.717) is 41.9 Å². The summed E-state index contributed by atoms with van der Waals surface area (Å²) in [5.74, 6) is 1.76. The van der Waals surface area contributed by atoms with Crippen LogP contribution in [0.4, 0.5) is 0 Å². The zero-order valence-electron chi connectivity index (χ0n) is 10.7. The molecule has 1 aromatic heterocycles. The van der Waals surface area contributed by atoms with E-state index in [1.165, 1.54) is 0 Å². The van der Waals surface area contributed by atoms with Gasteiger partial charge in [0.15, 0.2) is 6.61 Å². The lowest BCUT2D eigenvalue weighted by Crippen LogP contribution is -2.06. The number of nitrogens with two attached hydrogens (primary N) is 1. The van der Waals surface area contributed by atoms with Gasteiger partial charge in [0.25, 0.3) is 5.89 Å². The van der Waals surface area contributed by atoms with Gasteiger partial charge in [0.1, 0.15) is 5.75 Å². The van der Waals surface area contributed by atoms with E-state index < -0.39 is 0 Å². The second kappa shape index (κ2) is 6.54. The van der Waals surface area contributed by atoms with Crippen molar-refractivity contribution in [2.75, 3.05) is 6.54 Å². The molecule has 2 rings (SSSR count). The Balaban J connectivity index is 2.08. The number of aryl methyl sites for hydroxylation is 1. The maximum absolute atomic E-state index is 6.13. The van der Waals surface area contributed by atoms with Crippen molar-refractivity contribution in [3.8, 4) is 5.75 Å². The lowest BCUT2D eigenvalue weighted by atomic mass is 10.1. The van der Waals surface area contributed by atoms with Crippen LogP contribution in [0.5, 0.6) is 5.75 Å². The lowest BCUT2D eigenvalue weighted by molar-refractivity contribution is 0.257. The highest BCUT2D eigenvalue weighted by Crippen LogP contribution is 2.27. The van der Waals surface area contributed by atoms with Crippen LogP contribution in [0.15, 0.2) is 22.6 Å². The van der Waals surface area contributed by atoms with Gasteiger partial charge in [-0.1, -0.05) is 24.6 Å². The molecule has 19 heavy (non-hydrogen) atoms. The summed E-state index contributed by atoms with van der Waals surface area (Å²) in [6.45, 7) is 2.69. The van der Waals surface area contributed by atoms with E-state index in [4.69, 9.17) is 26.5 Å². The molecule has 0 spiro atoms. The van der Waals surface area contributed by atoms with Crippen LogP contribution in [-0.2, 0) is 19.4 Å². The van der Waals surface area contributed by atoms with Gasteiger partial charge in [-0.25, -0.2) is 0 Å². The fourth-order valence-corrected chi connectivity index (χ4v) is 1.95. The average molecular weight is 282 g/mol. The monoisotopic (exact) mass is 281 g/mol. The van der Waals surface area contributed by atoms with Crippen LogP contribution in [-0.4, -0.2) is 16.7 Å². The van der Waals surface area contributed by atoms with Crippen molar-refractivity contribution in [1.29, 1.82) is 0 Å². The summed E-state index contributed by atoms with van der Waals surface area (Å²) in [5.41, 5.74) is 6.48. The Kier molecular flexibility index (Phi) is 4.76. The molecule has 0 aliphatic heterocycles. The van der Waals surface area contributed by atoms with Gasteiger partial charge in [-0.05, 0) is 25.1 Å². The summed E-state index contributed by atoms with van der Waals surface area (Å²) in [6.07, 6.45) is 1.38. The molecule has 0 atom stereocenters. The Morgan fingerprint density at radius 2 is 2.11 bits per heavy atom. The van der Waals surface area contributed by atoms with Gasteiger partial charge in [0.2, 0.25) is 5.89 Å². The fourth-order valence-electron chi connectivity index (χ4n) is 1.69. The van der Waals surface area contributed by atoms with Crippen LogP contribution in [0.3, 0.4) is 0 Å². The first-order valence-electron chi connectivity index (χ1n) is 6.16. The molecule has 0 saturated carbocycles. The van der Waals surface area contributed by atoms with E-state index in [9.17, 15) is 0 Å². The van der Waals surface area contributed by atoms with Crippen LogP contribution >= 0.6 is 11.6 Å². The lowest BCUT2D eigenvalue weighted by Gasteiger charge is -2.10. The van der Waals surface area contributed by atoms with Crippen molar-refractivity contribution in [3.05, 3.63) is 40.6 Å². The number of aromatic nitrogens is 2. The molecule has 2 N–H and O–H groups in total. The molecule has 0 amide bonds. The Hall–Kier alpha value is -1.59. The molecule has 0 aliphatic carbocycles. The third kappa shape index (κ3) is 3.45. The molecule has 0 fully saturated rings. The minimum Gasteiger partial charge on any atom is -0.483 e. The van der Waals surface area contributed by atoms with Gasteiger partial charge in [0, 0.05) is 17.0 Å². The predicted octanol–water partition coefficient (Wildman–Crippen LogP) is 2.37. The zero-order valence-corrected chi connectivity index (χ0v) is 11.5. The highest BCUT2D eigenvalue weighted by Gasteiger charge is 2.10. The zero-order chi connectivity index (χ0) is 13.7. The summed E-state index contributed by atoms with van der Waals surface area (Å²) in [6, 6.07) is 5.51. The van der Waals surface area contributed by atoms with Crippen molar-refractivity contribution in [3.63, 3.8) is 0 Å². The van der Waals surface area contributed by atoms with Crippen LogP contribution in [0, 0.1) is 0 Å². The first-order chi connectivity index (χ1) is 9.24. The van der Waals surface area contributed by atoms with Crippen molar-refractivity contribution in [2.24, 2.45) is 5.73 Å². The van der Waals surface area contributed by atoms with Crippen LogP contribution in [0.25, 0.3) is 0 Å². The van der Waals surface area contributed by atoms with Crippen LogP contribution < -0.4 is 10.5 Å². The highest BCUT2D eigenvalue weighted by atomic mass is 35.5. The topological polar surface area (TPSA) is 74.2 Å². The third-order valence-corrected chi connectivity index (χ3v) is 2.99. The van der Waals surface area contributed by atoms with Gasteiger partial charge in [-0.15, -0.1) is 10.2 Å². The van der Waals surface area contributed by atoms with E-state index in [1.807, 2.05) is 25.1 Å². The predicted molar refractivity (Wildman–Crippen MR) is 72.2 cm³/mol. The number of nitrogens with zero attached hydrogens (tertiary/aromatic N) is 2. The number of rotatable bonds is 6. The Morgan fingerprint density at radius 1 is 1.32 bits per heavy atom. The van der Waals surface area contributed by atoms with Gasteiger partial charge >= 0.3 is 0 Å². The minimum atomic E-state index is 0.227.